The molecule has 1 fully saturated rings. The van der Waals surface area contributed by atoms with Gasteiger partial charge in [0.05, 0.1) is 22.8 Å². The number of likely N-dealkylation sites (N-methyl/N-ethyl adjacent to an activating group) is 1. The molecule has 0 radical (unpaired) electrons. The molecule has 27 heavy (non-hydrogen) atoms. The third-order valence-corrected chi connectivity index (χ3v) is 6.41. The van der Waals surface area contributed by atoms with E-state index in [0.29, 0.717) is 12.0 Å². The number of nitrogens with zero attached hydrogens (tertiary/aromatic N) is 3. The van der Waals surface area contributed by atoms with Gasteiger partial charge in [0.2, 0.25) is 0 Å². The molecule has 0 bridgehead atoms. The summed E-state index contributed by atoms with van der Waals surface area (Å²) in [4.78, 5) is 25.7. The molecule has 1 aromatic carbocycles. The van der Waals surface area contributed by atoms with Crippen LogP contribution >= 0.6 is 0 Å². The first kappa shape index (κ1) is 19.1. The minimum Gasteiger partial charge on any atom is -0.452 e. The molecule has 2 heterocycles. The Labute approximate surface area is 157 Å². The van der Waals surface area contributed by atoms with E-state index < -0.39 is 28.3 Å². The fourth-order valence-corrected chi connectivity index (χ4v) is 4.75. The molecule has 1 amide bonds. The quantitative estimate of drug-likeness (QED) is 0.705. The van der Waals surface area contributed by atoms with Gasteiger partial charge >= 0.3 is 5.97 Å². The Hall–Kier alpha value is -2.68. The van der Waals surface area contributed by atoms with Gasteiger partial charge in [-0.1, -0.05) is 0 Å². The van der Waals surface area contributed by atoms with Gasteiger partial charge in [-0.25, -0.2) is 17.9 Å². The standard InChI is InChI=1S/C18H21N3O5S/c1-13-7-9-19-21(13)15-5-3-14(4-6-15)18(23)26-11-17(22)20(2)16-8-10-27(24,25)12-16/h3-7,9,16H,8,10-12H2,1-2H3/t16-/m0/s1. The summed E-state index contributed by atoms with van der Waals surface area (Å²) in [5.41, 5.74) is 2.10. The molecule has 1 aliphatic heterocycles. The van der Waals surface area contributed by atoms with Crippen molar-refractivity contribution in [2.75, 3.05) is 25.2 Å². The van der Waals surface area contributed by atoms with Crippen LogP contribution in [0.1, 0.15) is 22.5 Å². The lowest BCUT2D eigenvalue weighted by atomic mass is 10.2. The van der Waals surface area contributed by atoms with Gasteiger partial charge in [-0.05, 0) is 43.7 Å². The summed E-state index contributed by atoms with van der Waals surface area (Å²) in [6.45, 7) is 1.50. The molecular weight excluding hydrogens is 370 g/mol. The number of carbonyl (C=O) groups is 2. The number of rotatable bonds is 5. The minimum atomic E-state index is -3.08. The number of sulfone groups is 1. The van der Waals surface area contributed by atoms with E-state index >= 15 is 0 Å². The number of aryl methyl sites for hydroxylation is 1. The van der Waals surface area contributed by atoms with Crippen molar-refractivity contribution in [1.82, 2.24) is 14.7 Å². The zero-order chi connectivity index (χ0) is 19.6. The van der Waals surface area contributed by atoms with Crippen molar-refractivity contribution in [3.63, 3.8) is 0 Å². The first-order chi connectivity index (χ1) is 12.8. The first-order valence-corrected chi connectivity index (χ1v) is 10.3. The van der Waals surface area contributed by atoms with Crippen LogP contribution in [0.2, 0.25) is 0 Å². The average molecular weight is 391 g/mol. The monoisotopic (exact) mass is 391 g/mol. The number of ether oxygens (including phenoxy) is 1. The highest BCUT2D eigenvalue weighted by molar-refractivity contribution is 7.91. The number of hydrogen-bond acceptors (Lipinski definition) is 6. The molecule has 1 atom stereocenters. The fraction of sp³-hybridized carbons (Fsp3) is 0.389. The Morgan fingerprint density at radius 1 is 1.26 bits per heavy atom. The van der Waals surface area contributed by atoms with E-state index in [0.717, 1.165) is 11.4 Å². The minimum absolute atomic E-state index is 0.0442. The maximum atomic E-state index is 12.2. The van der Waals surface area contributed by atoms with Crippen molar-refractivity contribution in [2.45, 2.75) is 19.4 Å². The molecule has 9 heteroatoms. The van der Waals surface area contributed by atoms with Gasteiger partial charge in [-0.2, -0.15) is 5.10 Å². The zero-order valence-electron chi connectivity index (χ0n) is 15.2. The number of hydrogen-bond donors (Lipinski definition) is 0. The predicted molar refractivity (Wildman–Crippen MR) is 98.4 cm³/mol. The van der Waals surface area contributed by atoms with E-state index in [1.165, 1.54) is 11.9 Å². The number of carbonyl (C=O) groups excluding carboxylic acids is 2. The molecular formula is C18H21N3O5S. The molecule has 0 saturated carbocycles. The molecule has 1 saturated heterocycles. The summed E-state index contributed by atoms with van der Waals surface area (Å²) in [5.74, 6) is -0.997. The summed E-state index contributed by atoms with van der Waals surface area (Å²) in [7, 11) is -1.55. The van der Waals surface area contributed by atoms with Crippen molar-refractivity contribution < 1.29 is 22.7 Å². The third-order valence-electron chi connectivity index (χ3n) is 4.66. The summed E-state index contributed by atoms with van der Waals surface area (Å²) in [6.07, 6.45) is 2.10. The van der Waals surface area contributed by atoms with Gasteiger partial charge < -0.3 is 9.64 Å². The molecule has 3 rings (SSSR count). The molecule has 1 aromatic heterocycles. The van der Waals surface area contributed by atoms with E-state index in [9.17, 15) is 18.0 Å². The van der Waals surface area contributed by atoms with E-state index in [2.05, 4.69) is 5.10 Å². The highest BCUT2D eigenvalue weighted by Gasteiger charge is 2.32. The Kier molecular flexibility index (Phi) is 5.31. The summed E-state index contributed by atoms with van der Waals surface area (Å²) >= 11 is 0. The highest BCUT2D eigenvalue weighted by atomic mass is 32.2. The lowest BCUT2D eigenvalue weighted by Gasteiger charge is -2.23. The van der Waals surface area contributed by atoms with Crippen molar-refractivity contribution in [3.8, 4) is 5.69 Å². The third kappa shape index (κ3) is 4.36. The summed E-state index contributed by atoms with van der Waals surface area (Å²) in [5, 5.41) is 4.19. The molecule has 0 aliphatic carbocycles. The number of aromatic nitrogens is 2. The molecule has 0 unspecified atom stereocenters. The van der Waals surface area contributed by atoms with Crippen LogP contribution in [0, 0.1) is 6.92 Å². The van der Waals surface area contributed by atoms with Gasteiger partial charge in [0.25, 0.3) is 5.91 Å². The van der Waals surface area contributed by atoms with Crippen LogP contribution < -0.4 is 0 Å². The largest absolute Gasteiger partial charge is 0.452 e. The van der Waals surface area contributed by atoms with Crippen LogP contribution in [0.4, 0.5) is 0 Å². The molecule has 8 nitrogen and oxygen atoms in total. The Morgan fingerprint density at radius 2 is 1.96 bits per heavy atom. The SMILES string of the molecule is Cc1ccnn1-c1ccc(C(=O)OCC(=O)N(C)[C@H]2CCS(=O)(=O)C2)cc1. The summed E-state index contributed by atoms with van der Waals surface area (Å²) in [6, 6.07) is 8.21. The van der Waals surface area contributed by atoms with Gasteiger partial charge in [0.15, 0.2) is 16.4 Å². The zero-order valence-corrected chi connectivity index (χ0v) is 16.0. The van der Waals surface area contributed by atoms with Gasteiger partial charge in [-0.3, -0.25) is 4.79 Å². The maximum absolute atomic E-state index is 12.2. The van der Waals surface area contributed by atoms with E-state index in [1.807, 2.05) is 13.0 Å². The smallest absolute Gasteiger partial charge is 0.338 e. The van der Waals surface area contributed by atoms with Gasteiger partial charge in [0.1, 0.15) is 0 Å². The van der Waals surface area contributed by atoms with Gasteiger partial charge in [-0.15, -0.1) is 0 Å². The molecule has 0 spiro atoms. The van der Waals surface area contributed by atoms with E-state index in [4.69, 9.17) is 4.74 Å². The molecule has 0 N–H and O–H groups in total. The van der Waals surface area contributed by atoms with Crippen LogP contribution in [-0.2, 0) is 19.4 Å². The van der Waals surface area contributed by atoms with E-state index in [-0.39, 0.29) is 17.5 Å². The van der Waals surface area contributed by atoms with Crippen molar-refractivity contribution in [1.29, 1.82) is 0 Å². The Balaban J connectivity index is 1.56. The van der Waals surface area contributed by atoms with Crippen molar-refractivity contribution in [2.24, 2.45) is 0 Å². The van der Waals surface area contributed by atoms with Crippen LogP contribution in [0.15, 0.2) is 36.5 Å². The normalized spacial score (nSPS) is 18.2. The topological polar surface area (TPSA) is 98.6 Å². The van der Waals surface area contributed by atoms with Crippen molar-refractivity contribution in [3.05, 3.63) is 47.8 Å². The van der Waals surface area contributed by atoms with E-state index in [1.54, 1.807) is 35.1 Å². The van der Waals surface area contributed by atoms with Crippen LogP contribution in [0.3, 0.4) is 0 Å². The molecule has 1 aliphatic rings. The van der Waals surface area contributed by atoms with Crippen LogP contribution in [-0.4, -0.2) is 66.2 Å². The number of amides is 1. The second kappa shape index (κ2) is 7.51. The predicted octanol–water partition coefficient (Wildman–Crippen LogP) is 0.983. The Bertz CT molecular complexity index is 950. The first-order valence-electron chi connectivity index (χ1n) is 8.51. The summed E-state index contributed by atoms with van der Waals surface area (Å²) < 4.78 is 29.9. The lowest BCUT2D eigenvalue weighted by molar-refractivity contribution is -0.134. The lowest BCUT2D eigenvalue weighted by Crippen LogP contribution is -2.40. The maximum Gasteiger partial charge on any atom is 0.338 e. The van der Waals surface area contributed by atoms with Crippen LogP contribution in [0.25, 0.3) is 5.69 Å². The van der Waals surface area contributed by atoms with Gasteiger partial charge in [0, 0.05) is 25.0 Å². The number of benzene rings is 1. The fourth-order valence-electron chi connectivity index (χ4n) is 2.98. The van der Waals surface area contributed by atoms with Crippen molar-refractivity contribution >= 4 is 21.7 Å². The number of esters is 1. The average Bonchev–Trinajstić information content (AvgIpc) is 3.23. The second-order valence-electron chi connectivity index (χ2n) is 6.57. The molecule has 144 valence electrons. The Morgan fingerprint density at radius 3 is 2.52 bits per heavy atom. The van der Waals surface area contributed by atoms with Crippen LogP contribution in [0.5, 0.6) is 0 Å². The second-order valence-corrected chi connectivity index (χ2v) is 8.80. The molecule has 2 aromatic rings. The highest BCUT2D eigenvalue weighted by Crippen LogP contribution is 2.17.